The van der Waals surface area contributed by atoms with E-state index in [9.17, 15) is 8.42 Å². The SMILES string of the molecule is O=S(=O)(c1ncc(Cl)cn1)C1CCNCC1. The molecular formula is C9H12ClN3O2S. The van der Waals surface area contributed by atoms with Crippen LogP contribution in [0.1, 0.15) is 12.8 Å². The van der Waals surface area contributed by atoms with E-state index in [2.05, 4.69) is 15.3 Å². The van der Waals surface area contributed by atoms with Crippen LogP contribution in [0.4, 0.5) is 0 Å². The van der Waals surface area contributed by atoms with Crippen molar-refractivity contribution >= 4 is 21.4 Å². The summed E-state index contributed by atoms with van der Waals surface area (Å²) in [4.78, 5) is 7.55. The molecule has 0 spiro atoms. The van der Waals surface area contributed by atoms with Crippen molar-refractivity contribution in [3.05, 3.63) is 17.4 Å². The molecule has 2 rings (SSSR count). The molecule has 1 fully saturated rings. The fraction of sp³-hybridized carbons (Fsp3) is 0.556. The summed E-state index contributed by atoms with van der Waals surface area (Å²) in [5.41, 5.74) is 0. The van der Waals surface area contributed by atoms with Crippen molar-refractivity contribution in [3.63, 3.8) is 0 Å². The molecule has 7 heteroatoms. The minimum atomic E-state index is -3.40. The van der Waals surface area contributed by atoms with E-state index in [-0.39, 0.29) is 10.4 Å². The molecule has 1 aromatic heterocycles. The smallest absolute Gasteiger partial charge is 0.247 e. The number of sulfone groups is 1. The third kappa shape index (κ3) is 2.34. The zero-order valence-electron chi connectivity index (χ0n) is 8.56. The van der Waals surface area contributed by atoms with Crippen molar-refractivity contribution in [3.8, 4) is 0 Å². The molecule has 0 radical (unpaired) electrons. The molecule has 1 aromatic rings. The first kappa shape index (κ1) is 11.8. The summed E-state index contributed by atoms with van der Waals surface area (Å²) >= 11 is 5.62. The monoisotopic (exact) mass is 261 g/mol. The second kappa shape index (κ2) is 4.65. The van der Waals surface area contributed by atoms with Crippen molar-refractivity contribution in [1.29, 1.82) is 0 Å². The lowest BCUT2D eigenvalue weighted by molar-refractivity contribution is 0.492. The van der Waals surface area contributed by atoms with E-state index < -0.39 is 9.84 Å². The van der Waals surface area contributed by atoms with Crippen molar-refractivity contribution in [1.82, 2.24) is 15.3 Å². The summed E-state index contributed by atoms with van der Waals surface area (Å²) in [7, 11) is -3.40. The number of hydrogen-bond donors (Lipinski definition) is 1. The lowest BCUT2D eigenvalue weighted by atomic mass is 10.2. The number of nitrogens with one attached hydrogen (secondary N) is 1. The van der Waals surface area contributed by atoms with Gasteiger partial charge in [-0.25, -0.2) is 18.4 Å². The Morgan fingerprint density at radius 1 is 1.25 bits per heavy atom. The van der Waals surface area contributed by atoms with E-state index in [0.717, 1.165) is 13.1 Å². The maximum absolute atomic E-state index is 12.1. The van der Waals surface area contributed by atoms with Crippen molar-refractivity contribution in [2.45, 2.75) is 23.2 Å². The first-order chi connectivity index (χ1) is 7.60. The van der Waals surface area contributed by atoms with Gasteiger partial charge in [0, 0.05) is 0 Å². The van der Waals surface area contributed by atoms with E-state index in [1.165, 1.54) is 12.4 Å². The van der Waals surface area contributed by atoms with E-state index >= 15 is 0 Å². The molecule has 1 saturated heterocycles. The van der Waals surface area contributed by atoms with Crippen LogP contribution in [0.3, 0.4) is 0 Å². The van der Waals surface area contributed by atoms with Crippen LogP contribution in [0.2, 0.25) is 5.02 Å². The van der Waals surface area contributed by atoms with Gasteiger partial charge in [0.1, 0.15) is 0 Å². The predicted molar refractivity (Wildman–Crippen MR) is 60.1 cm³/mol. The second-order valence-corrected chi connectivity index (χ2v) is 6.24. The second-order valence-electron chi connectivity index (χ2n) is 3.68. The molecule has 2 heterocycles. The largest absolute Gasteiger partial charge is 0.317 e. The van der Waals surface area contributed by atoms with Crippen LogP contribution >= 0.6 is 11.6 Å². The Hall–Kier alpha value is -0.720. The average Bonchev–Trinajstić information content (AvgIpc) is 2.31. The topological polar surface area (TPSA) is 72.0 Å². The van der Waals surface area contributed by atoms with Crippen LogP contribution in [0, 0.1) is 0 Å². The minimum absolute atomic E-state index is 0.121. The molecule has 88 valence electrons. The van der Waals surface area contributed by atoms with E-state index in [1.54, 1.807) is 0 Å². The molecule has 1 aliphatic rings. The lowest BCUT2D eigenvalue weighted by Crippen LogP contribution is -2.36. The fourth-order valence-electron chi connectivity index (χ4n) is 1.70. The van der Waals surface area contributed by atoms with Crippen LogP contribution in [0.15, 0.2) is 17.6 Å². The molecule has 0 atom stereocenters. The highest BCUT2D eigenvalue weighted by molar-refractivity contribution is 7.91. The molecule has 0 unspecified atom stereocenters. The fourth-order valence-corrected chi connectivity index (χ4v) is 3.35. The Morgan fingerprint density at radius 2 is 1.81 bits per heavy atom. The van der Waals surface area contributed by atoms with Crippen LogP contribution in [-0.4, -0.2) is 36.7 Å². The standard InChI is InChI=1S/C9H12ClN3O2S/c10-7-5-12-9(13-6-7)16(14,15)8-1-3-11-4-2-8/h5-6,8,11H,1-4H2. The third-order valence-corrected chi connectivity index (χ3v) is 4.84. The van der Waals surface area contributed by atoms with Gasteiger partial charge in [0.15, 0.2) is 0 Å². The highest BCUT2D eigenvalue weighted by Crippen LogP contribution is 2.19. The van der Waals surface area contributed by atoms with Gasteiger partial charge in [-0.05, 0) is 25.9 Å². The molecule has 0 aliphatic carbocycles. The molecule has 0 amide bonds. The minimum Gasteiger partial charge on any atom is -0.317 e. The van der Waals surface area contributed by atoms with Gasteiger partial charge >= 0.3 is 0 Å². The summed E-state index contributed by atoms with van der Waals surface area (Å²) in [5, 5.41) is 2.96. The lowest BCUT2D eigenvalue weighted by Gasteiger charge is -2.21. The van der Waals surface area contributed by atoms with Crippen molar-refractivity contribution in [2.24, 2.45) is 0 Å². The van der Waals surface area contributed by atoms with E-state index in [0.29, 0.717) is 17.9 Å². The summed E-state index contributed by atoms with van der Waals surface area (Å²) in [6.07, 6.45) is 3.83. The molecule has 0 aromatic carbocycles. The molecule has 0 bridgehead atoms. The third-order valence-electron chi connectivity index (χ3n) is 2.58. The normalized spacial score (nSPS) is 18.6. The quantitative estimate of drug-likeness (QED) is 0.792. The maximum atomic E-state index is 12.1. The Kier molecular flexibility index (Phi) is 3.41. The summed E-state index contributed by atoms with van der Waals surface area (Å²) in [5.74, 6) is 0. The zero-order valence-corrected chi connectivity index (χ0v) is 10.1. The van der Waals surface area contributed by atoms with Gasteiger partial charge in [-0.1, -0.05) is 11.6 Å². The van der Waals surface area contributed by atoms with Crippen molar-refractivity contribution < 1.29 is 8.42 Å². The van der Waals surface area contributed by atoms with Gasteiger partial charge < -0.3 is 5.32 Å². The first-order valence-electron chi connectivity index (χ1n) is 5.03. The van der Waals surface area contributed by atoms with Gasteiger partial charge in [-0.2, -0.15) is 0 Å². The highest BCUT2D eigenvalue weighted by atomic mass is 35.5. The van der Waals surface area contributed by atoms with Gasteiger partial charge in [0.2, 0.25) is 15.0 Å². The van der Waals surface area contributed by atoms with Gasteiger partial charge in [0.05, 0.1) is 22.7 Å². The van der Waals surface area contributed by atoms with Crippen LogP contribution in [0.5, 0.6) is 0 Å². The zero-order chi connectivity index (χ0) is 11.6. The van der Waals surface area contributed by atoms with Gasteiger partial charge in [0.25, 0.3) is 0 Å². The predicted octanol–water partition coefficient (Wildman–Crippen LogP) is 0.656. The van der Waals surface area contributed by atoms with E-state index in [4.69, 9.17) is 11.6 Å². The number of piperidine rings is 1. The summed E-state index contributed by atoms with van der Waals surface area (Å²) in [6.45, 7) is 1.44. The first-order valence-corrected chi connectivity index (χ1v) is 6.95. The molecule has 1 N–H and O–H groups in total. The number of halogens is 1. The number of hydrogen-bond acceptors (Lipinski definition) is 5. The van der Waals surface area contributed by atoms with Gasteiger partial charge in [-0.15, -0.1) is 0 Å². The summed E-state index contributed by atoms with van der Waals surface area (Å²) in [6, 6.07) is 0. The van der Waals surface area contributed by atoms with Crippen LogP contribution < -0.4 is 5.32 Å². The summed E-state index contributed by atoms with van der Waals surface area (Å²) < 4.78 is 24.2. The van der Waals surface area contributed by atoms with Crippen LogP contribution in [0.25, 0.3) is 0 Å². The number of rotatable bonds is 2. The Morgan fingerprint density at radius 3 is 2.38 bits per heavy atom. The Bertz CT molecular complexity index is 454. The molecule has 5 nitrogen and oxygen atoms in total. The molecule has 0 saturated carbocycles. The van der Waals surface area contributed by atoms with Crippen molar-refractivity contribution in [2.75, 3.05) is 13.1 Å². The highest BCUT2D eigenvalue weighted by Gasteiger charge is 2.30. The van der Waals surface area contributed by atoms with Crippen LogP contribution in [-0.2, 0) is 9.84 Å². The molecule has 1 aliphatic heterocycles. The molecule has 16 heavy (non-hydrogen) atoms. The molecular weight excluding hydrogens is 250 g/mol. The Balaban J connectivity index is 2.27. The van der Waals surface area contributed by atoms with E-state index in [1.807, 2.05) is 0 Å². The number of nitrogens with zero attached hydrogens (tertiary/aromatic N) is 2. The number of aromatic nitrogens is 2. The Labute approximate surface area is 99.2 Å². The maximum Gasteiger partial charge on any atom is 0.247 e. The van der Waals surface area contributed by atoms with Gasteiger partial charge in [-0.3, -0.25) is 0 Å². The average molecular weight is 262 g/mol.